The molecule has 2 aromatic carbocycles. The second-order valence-corrected chi connectivity index (χ2v) is 8.81. The molecule has 2 amide bonds. The van der Waals surface area contributed by atoms with Gasteiger partial charge >= 0.3 is 0 Å². The number of carbonyl (C=O) groups excluding carboxylic acids is 2. The zero-order valence-corrected chi connectivity index (χ0v) is 17.7. The van der Waals surface area contributed by atoms with Crippen molar-refractivity contribution in [2.75, 3.05) is 18.0 Å². The Labute approximate surface area is 176 Å². The van der Waals surface area contributed by atoms with Gasteiger partial charge in [0.1, 0.15) is 0 Å². The molecule has 0 fully saturated rings. The second kappa shape index (κ2) is 6.73. The van der Waals surface area contributed by atoms with Crippen LogP contribution in [0.3, 0.4) is 0 Å². The molecule has 0 saturated carbocycles. The van der Waals surface area contributed by atoms with E-state index >= 15 is 0 Å². The van der Waals surface area contributed by atoms with Crippen molar-refractivity contribution < 1.29 is 9.59 Å². The van der Waals surface area contributed by atoms with E-state index in [1.54, 1.807) is 11.8 Å². The summed E-state index contributed by atoms with van der Waals surface area (Å²) in [6.45, 7) is 7.09. The minimum absolute atomic E-state index is 0.0212. The van der Waals surface area contributed by atoms with E-state index in [2.05, 4.69) is 24.9 Å². The van der Waals surface area contributed by atoms with Crippen LogP contribution in [0.4, 0.5) is 5.69 Å². The zero-order valence-electron chi connectivity index (χ0n) is 17.7. The summed E-state index contributed by atoms with van der Waals surface area (Å²) in [4.78, 5) is 34.3. The van der Waals surface area contributed by atoms with Crippen molar-refractivity contribution >= 4 is 28.4 Å². The first-order valence-electron chi connectivity index (χ1n) is 10.8. The number of para-hydroxylation sites is 2. The van der Waals surface area contributed by atoms with E-state index in [9.17, 15) is 9.59 Å². The minimum atomic E-state index is -1.12. The van der Waals surface area contributed by atoms with Crippen LogP contribution in [0, 0.1) is 5.92 Å². The summed E-state index contributed by atoms with van der Waals surface area (Å²) in [7, 11) is 0. The quantitative estimate of drug-likeness (QED) is 0.715. The van der Waals surface area contributed by atoms with Gasteiger partial charge in [-0.15, -0.1) is 0 Å². The monoisotopic (exact) mass is 401 g/mol. The Hall–Kier alpha value is -3.08. The fourth-order valence-corrected chi connectivity index (χ4v) is 5.24. The van der Waals surface area contributed by atoms with Crippen molar-refractivity contribution in [2.24, 2.45) is 5.92 Å². The fraction of sp³-hybridized carbons (Fsp3) is 0.360. The number of hydrogen-bond donors (Lipinski definition) is 1. The zero-order chi connectivity index (χ0) is 21.0. The average molecular weight is 402 g/mol. The first-order chi connectivity index (χ1) is 14.5. The van der Waals surface area contributed by atoms with Crippen LogP contribution in [-0.2, 0) is 21.5 Å². The number of amides is 2. The SMILES string of the molecule is CC(=O)N1CCc2c([nH]c3ccccc23)[C@]12C(=O)N(CCC(C)C)c1ccccc12. The Morgan fingerprint density at radius 1 is 1.13 bits per heavy atom. The molecule has 0 bridgehead atoms. The molecule has 30 heavy (non-hydrogen) atoms. The van der Waals surface area contributed by atoms with Gasteiger partial charge in [0.2, 0.25) is 5.91 Å². The third kappa shape index (κ3) is 2.41. The molecule has 5 rings (SSSR count). The molecule has 154 valence electrons. The van der Waals surface area contributed by atoms with E-state index in [0.717, 1.165) is 46.3 Å². The smallest absolute Gasteiger partial charge is 0.263 e. The number of hydrogen-bond acceptors (Lipinski definition) is 2. The molecule has 5 heteroatoms. The number of nitrogens with one attached hydrogen (secondary N) is 1. The maximum Gasteiger partial charge on any atom is 0.263 e. The Kier molecular flexibility index (Phi) is 4.24. The third-order valence-electron chi connectivity index (χ3n) is 6.62. The number of fused-ring (bicyclic) bond motifs is 6. The number of nitrogens with zero attached hydrogens (tertiary/aromatic N) is 2. The highest BCUT2D eigenvalue weighted by molar-refractivity contribution is 6.12. The molecule has 1 spiro atoms. The summed E-state index contributed by atoms with van der Waals surface area (Å²) in [6.07, 6.45) is 1.65. The van der Waals surface area contributed by atoms with Gasteiger partial charge in [-0.3, -0.25) is 9.59 Å². The van der Waals surface area contributed by atoms with Crippen LogP contribution in [0.15, 0.2) is 48.5 Å². The lowest BCUT2D eigenvalue weighted by atomic mass is 9.80. The van der Waals surface area contributed by atoms with Gasteiger partial charge < -0.3 is 14.8 Å². The number of anilines is 1. The van der Waals surface area contributed by atoms with Gasteiger partial charge in [-0.1, -0.05) is 50.2 Å². The van der Waals surface area contributed by atoms with Gasteiger partial charge in [-0.2, -0.15) is 0 Å². The summed E-state index contributed by atoms with van der Waals surface area (Å²) in [5, 5.41) is 1.14. The van der Waals surface area contributed by atoms with Crippen molar-refractivity contribution in [3.63, 3.8) is 0 Å². The maximum atomic E-state index is 14.2. The number of aromatic nitrogens is 1. The Morgan fingerprint density at radius 2 is 1.87 bits per heavy atom. The normalized spacial score (nSPS) is 20.3. The third-order valence-corrected chi connectivity index (χ3v) is 6.62. The van der Waals surface area contributed by atoms with Gasteiger partial charge in [0.25, 0.3) is 5.91 Å². The molecule has 0 radical (unpaired) electrons. The largest absolute Gasteiger partial charge is 0.355 e. The highest BCUT2D eigenvalue weighted by Crippen LogP contribution is 2.52. The topological polar surface area (TPSA) is 56.4 Å². The van der Waals surface area contributed by atoms with E-state index in [-0.39, 0.29) is 11.8 Å². The molecule has 0 aliphatic carbocycles. The number of H-pyrrole nitrogens is 1. The van der Waals surface area contributed by atoms with Gasteiger partial charge in [0.05, 0.1) is 11.4 Å². The maximum absolute atomic E-state index is 14.2. The predicted molar refractivity (Wildman–Crippen MR) is 118 cm³/mol. The Bertz CT molecular complexity index is 1160. The molecular weight excluding hydrogens is 374 g/mol. The van der Waals surface area contributed by atoms with Crippen LogP contribution in [0.1, 0.15) is 44.0 Å². The van der Waals surface area contributed by atoms with E-state index in [1.165, 1.54) is 0 Å². The Balaban J connectivity index is 1.80. The van der Waals surface area contributed by atoms with Gasteiger partial charge in [-0.05, 0) is 36.5 Å². The summed E-state index contributed by atoms with van der Waals surface area (Å²) in [5.41, 5.74) is 3.72. The number of rotatable bonds is 3. The van der Waals surface area contributed by atoms with Crippen molar-refractivity contribution in [1.82, 2.24) is 9.88 Å². The van der Waals surface area contributed by atoms with Crippen LogP contribution >= 0.6 is 0 Å². The highest BCUT2D eigenvalue weighted by atomic mass is 16.2. The molecular formula is C25H27N3O2. The standard InChI is InChI=1S/C25H27N3O2/c1-16(2)12-14-27-22-11-7-5-9-20(22)25(24(27)30)23-19(13-15-28(25)17(3)29)18-8-4-6-10-21(18)26-23/h4-11,16,26H,12-15H2,1-3H3/t25-/m1/s1. The van der Waals surface area contributed by atoms with Crippen LogP contribution in [-0.4, -0.2) is 34.8 Å². The molecule has 3 aromatic rings. The van der Waals surface area contributed by atoms with E-state index in [4.69, 9.17) is 0 Å². The van der Waals surface area contributed by atoms with E-state index in [0.29, 0.717) is 19.0 Å². The average Bonchev–Trinajstić information content (AvgIpc) is 3.22. The lowest BCUT2D eigenvalue weighted by molar-refractivity contribution is -0.143. The minimum Gasteiger partial charge on any atom is -0.355 e. The number of carbonyl (C=O) groups is 2. The first kappa shape index (κ1) is 18.9. The fourth-order valence-electron chi connectivity index (χ4n) is 5.24. The molecule has 2 aliphatic rings. The van der Waals surface area contributed by atoms with Gasteiger partial charge in [-0.25, -0.2) is 0 Å². The number of benzene rings is 2. The molecule has 1 N–H and O–H groups in total. The number of aromatic amines is 1. The highest BCUT2D eigenvalue weighted by Gasteiger charge is 2.60. The summed E-state index contributed by atoms with van der Waals surface area (Å²) < 4.78 is 0. The molecule has 1 aromatic heterocycles. The van der Waals surface area contributed by atoms with Crippen molar-refractivity contribution in [2.45, 2.75) is 39.2 Å². The summed E-state index contributed by atoms with van der Waals surface area (Å²) >= 11 is 0. The van der Waals surface area contributed by atoms with Crippen LogP contribution in [0.2, 0.25) is 0 Å². The first-order valence-corrected chi connectivity index (χ1v) is 10.8. The van der Waals surface area contributed by atoms with E-state index in [1.807, 2.05) is 47.4 Å². The van der Waals surface area contributed by atoms with Crippen molar-refractivity contribution in [1.29, 1.82) is 0 Å². The lowest BCUT2D eigenvalue weighted by Crippen LogP contribution is -2.59. The molecule has 0 unspecified atom stereocenters. The summed E-state index contributed by atoms with van der Waals surface area (Å²) in [5.74, 6) is 0.389. The summed E-state index contributed by atoms with van der Waals surface area (Å²) in [6, 6.07) is 16.1. The van der Waals surface area contributed by atoms with Crippen molar-refractivity contribution in [3.05, 3.63) is 65.4 Å². The van der Waals surface area contributed by atoms with Crippen LogP contribution in [0.25, 0.3) is 10.9 Å². The van der Waals surface area contributed by atoms with E-state index < -0.39 is 5.54 Å². The predicted octanol–water partition coefficient (Wildman–Crippen LogP) is 4.21. The molecule has 5 nitrogen and oxygen atoms in total. The molecule has 3 heterocycles. The van der Waals surface area contributed by atoms with Gasteiger partial charge in [0, 0.05) is 36.5 Å². The second-order valence-electron chi connectivity index (χ2n) is 8.81. The lowest BCUT2D eigenvalue weighted by Gasteiger charge is -2.43. The van der Waals surface area contributed by atoms with Crippen LogP contribution in [0.5, 0.6) is 0 Å². The van der Waals surface area contributed by atoms with Gasteiger partial charge in [0.15, 0.2) is 5.54 Å². The molecule has 1 atom stereocenters. The Morgan fingerprint density at radius 3 is 2.63 bits per heavy atom. The van der Waals surface area contributed by atoms with Crippen molar-refractivity contribution in [3.8, 4) is 0 Å². The van der Waals surface area contributed by atoms with Crippen LogP contribution < -0.4 is 4.90 Å². The molecule has 2 aliphatic heterocycles. The molecule has 0 saturated heterocycles.